The number of H-pyrrole nitrogens is 1. The number of aromatic hydroxyl groups is 1. The van der Waals surface area contributed by atoms with Crippen LogP contribution in [-0.4, -0.2) is 55.7 Å². The number of aromatic nitrogens is 5. The zero-order chi connectivity index (χ0) is 18.1. The Bertz CT molecular complexity index is 879. The number of rotatable bonds is 3. The SMILES string of the molecule is CC1CN(c2ccc(-c3ncc(-c4cn[nH]c4)cc3O)nn2)C[C@H](C)N1.Cl.Cl. The van der Waals surface area contributed by atoms with Gasteiger partial charge in [0.25, 0.3) is 0 Å². The minimum atomic E-state index is 0. The number of hydrogen-bond donors (Lipinski definition) is 3. The quantitative estimate of drug-likeness (QED) is 0.594. The van der Waals surface area contributed by atoms with Crippen molar-refractivity contribution in [3.05, 3.63) is 36.8 Å². The van der Waals surface area contributed by atoms with Crippen molar-refractivity contribution in [2.45, 2.75) is 25.9 Å². The summed E-state index contributed by atoms with van der Waals surface area (Å²) in [5.74, 6) is 0.902. The lowest BCUT2D eigenvalue weighted by molar-refractivity contribution is 0.404. The smallest absolute Gasteiger partial charge is 0.151 e. The van der Waals surface area contributed by atoms with Crippen LogP contribution in [0.5, 0.6) is 5.75 Å². The van der Waals surface area contributed by atoms with Crippen LogP contribution < -0.4 is 10.2 Å². The fourth-order valence-electron chi connectivity index (χ4n) is 3.35. The summed E-state index contributed by atoms with van der Waals surface area (Å²) in [5.41, 5.74) is 2.61. The first kappa shape index (κ1) is 21.9. The van der Waals surface area contributed by atoms with Gasteiger partial charge in [0.05, 0.1) is 6.20 Å². The number of pyridine rings is 1. The van der Waals surface area contributed by atoms with E-state index in [-0.39, 0.29) is 30.6 Å². The van der Waals surface area contributed by atoms with Crippen molar-refractivity contribution in [1.29, 1.82) is 0 Å². The van der Waals surface area contributed by atoms with Gasteiger partial charge < -0.3 is 15.3 Å². The molecule has 1 saturated heterocycles. The maximum absolute atomic E-state index is 10.4. The molecule has 4 rings (SSSR count). The van der Waals surface area contributed by atoms with E-state index in [0.29, 0.717) is 23.5 Å². The summed E-state index contributed by atoms with van der Waals surface area (Å²) in [7, 11) is 0. The third-order valence-electron chi connectivity index (χ3n) is 4.47. The van der Waals surface area contributed by atoms with Crippen LogP contribution >= 0.6 is 24.8 Å². The first-order valence-electron chi connectivity index (χ1n) is 8.63. The molecular weight excluding hydrogens is 401 g/mol. The maximum Gasteiger partial charge on any atom is 0.151 e. The number of piperazine rings is 1. The summed E-state index contributed by atoms with van der Waals surface area (Å²) in [6.45, 7) is 6.10. The van der Waals surface area contributed by atoms with E-state index in [9.17, 15) is 5.11 Å². The van der Waals surface area contributed by atoms with Crippen molar-refractivity contribution in [3.63, 3.8) is 0 Å². The number of anilines is 1. The van der Waals surface area contributed by atoms with Crippen molar-refractivity contribution in [1.82, 2.24) is 30.7 Å². The number of hydrogen-bond acceptors (Lipinski definition) is 7. The molecule has 0 aromatic carbocycles. The summed E-state index contributed by atoms with van der Waals surface area (Å²) in [6.07, 6.45) is 5.12. The second-order valence-electron chi connectivity index (χ2n) is 6.73. The average molecular weight is 424 g/mol. The molecule has 0 amide bonds. The Hall–Kier alpha value is -2.42. The highest BCUT2D eigenvalue weighted by atomic mass is 35.5. The fraction of sp³-hybridized carbons (Fsp3) is 0.333. The van der Waals surface area contributed by atoms with E-state index in [1.807, 2.05) is 12.1 Å². The zero-order valence-corrected chi connectivity index (χ0v) is 17.2. The summed E-state index contributed by atoms with van der Waals surface area (Å²) >= 11 is 0. The molecule has 1 unspecified atom stereocenters. The third-order valence-corrected chi connectivity index (χ3v) is 4.47. The molecule has 0 saturated carbocycles. The second kappa shape index (κ2) is 9.18. The molecule has 10 heteroatoms. The Balaban J connectivity index is 0.00000140. The number of aromatic amines is 1. The van der Waals surface area contributed by atoms with E-state index >= 15 is 0 Å². The van der Waals surface area contributed by atoms with Gasteiger partial charge in [-0.2, -0.15) is 5.10 Å². The fourth-order valence-corrected chi connectivity index (χ4v) is 3.35. The summed E-state index contributed by atoms with van der Waals surface area (Å²) in [6, 6.07) is 6.24. The summed E-state index contributed by atoms with van der Waals surface area (Å²) in [5, 5.41) is 29.1. The molecule has 1 fully saturated rings. The van der Waals surface area contributed by atoms with Crippen LogP contribution in [-0.2, 0) is 0 Å². The van der Waals surface area contributed by atoms with Crippen LogP contribution in [0, 0.1) is 0 Å². The van der Waals surface area contributed by atoms with Crippen LogP contribution in [0.15, 0.2) is 36.8 Å². The van der Waals surface area contributed by atoms with Crippen molar-refractivity contribution in [2.75, 3.05) is 18.0 Å². The van der Waals surface area contributed by atoms with Crippen LogP contribution in [0.2, 0.25) is 0 Å². The Morgan fingerprint density at radius 1 is 1.04 bits per heavy atom. The van der Waals surface area contributed by atoms with Gasteiger partial charge in [0.2, 0.25) is 0 Å². The van der Waals surface area contributed by atoms with Gasteiger partial charge in [0.15, 0.2) is 5.82 Å². The van der Waals surface area contributed by atoms with Gasteiger partial charge in [-0.15, -0.1) is 35.0 Å². The van der Waals surface area contributed by atoms with Gasteiger partial charge in [0.1, 0.15) is 17.1 Å². The van der Waals surface area contributed by atoms with Crippen LogP contribution in [0.4, 0.5) is 5.82 Å². The monoisotopic (exact) mass is 423 g/mol. The topological polar surface area (TPSA) is 103 Å². The highest BCUT2D eigenvalue weighted by molar-refractivity contribution is 5.85. The molecule has 2 atom stereocenters. The largest absolute Gasteiger partial charge is 0.506 e. The van der Waals surface area contributed by atoms with E-state index in [4.69, 9.17) is 0 Å². The Kier molecular flexibility index (Phi) is 7.17. The lowest BCUT2D eigenvalue weighted by atomic mass is 10.1. The van der Waals surface area contributed by atoms with Crippen LogP contribution in [0.1, 0.15) is 13.8 Å². The Labute approximate surface area is 175 Å². The summed E-state index contributed by atoms with van der Waals surface area (Å²) < 4.78 is 0. The normalized spacial score (nSPS) is 18.9. The minimum absolute atomic E-state index is 0. The van der Waals surface area contributed by atoms with Crippen LogP contribution in [0.3, 0.4) is 0 Å². The highest BCUT2D eigenvalue weighted by Crippen LogP contribution is 2.30. The molecule has 3 N–H and O–H groups in total. The molecular formula is C18H23Cl2N7O. The average Bonchev–Trinajstić information content (AvgIpc) is 3.16. The minimum Gasteiger partial charge on any atom is -0.506 e. The molecule has 0 aliphatic carbocycles. The van der Waals surface area contributed by atoms with Gasteiger partial charge in [-0.25, -0.2) is 4.98 Å². The molecule has 0 bridgehead atoms. The van der Waals surface area contributed by atoms with E-state index in [0.717, 1.165) is 30.0 Å². The molecule has 1 aliphatic heterocycles. The second-order valence-corrected chi connectivity index (χ2v) is 6.73. The molecule has 1 aliphatic rings. The highest BCUT2D eigenvalue weighted by Gasteiger charge is 2.22. The lowest BCUT2D eigenvalue weighted by Crippen LogP contribution is -2.54. The van der Waals surface area contributed by atoms with Crippen molar-refractivity contribution >= 4 is 30.6 Å². The van der Waals surface area contributed by atoms with E-state index in [1.165, 1.54) is 0 Å². The zero-order valence-electron chi connectivity index (χ0n) is 15.5. The Morgan fingerprint density at radius 2 is 1.79 bits per heavy atom. The van der Waals surface area contributed by atoms with Crippen molar-refractivity contribution in [3.8, 4) is 28.3 Å². The van der Waals surface area contributed by atoms with E-state index < -0.39 is 0 Å². The number of nitrogens with one attached hydrogen (secondary N) is 2. The van der Waals surface area contributed by atoms with Crippen molar-refractivity contribution in [2.24, 2.45) is 0 Å². The number of nitrogens with zero attached hydrogens (tertiary/aromatic N) is 5. The first-order chi connectivity index (χ1) is 12.6. The van der Waals surface area contributed by atoms with Gasteiger partial charge in [-0.1, -0.05) is 0 Å². The first-order valence-corrected chi connectivity index (χ1v) is 8.63. The molecule has 3 aromatic heterocycles. The van der Waals surface area contributed by atoms with Crippen LogP contribution in [0.25, 0.3) is 22.5 Å². The predicted octanol–water partition coefficient (Wildman–Crippen LogP) is 2.66. The van der Waals surface area contributed by atoms with Crippen molar-refractivity contribution < 1.29 is 5.11 Å². The van der Waals surface area contributed by atoms with Gasteiger partial charge in [-0.05, 0) is 32.0 Å². The molecule has 0 radical (unpaired) electrons. The predicted molar refractivity (Wildman–Crippen MR) is 113 cm³/mol. The lowest BCUT2D eigenvalue weighted by Gasteiger charge is -2.36. The third kappa shape index (κ3) is 4.52. The molecule has 4 heterocycles. The Morgan fingerprint density at radius 3 is 2.36 bits per heavy atom. The van der Waals surface area contributed by atoms with E-state index in [2.05, 4.69) is 49.4 Å². The number of halogens is 2. The molecule has 8 nitrogen and oxygen atoms in total. The van der Waals surface area contributed by atoms with Gasteiger partial charge in [0, 0.05) is 48.7 Å². The van der Waals surface area contributed by atoms with Gasteiger partial charge in [-0.3, -0.25) is 5.10 Å². The molecule has 150 valence electrons. The maximum atomic E-state index is 10.4. The molecule has 0 spiro atoms. The summed E-state index contributed by atoms with van der Waals surface area (Å²) in [4.78, 5) is 6.57. The molecule has 3 aromatic rings. The van der Waals surface area contributed by atoms with E-state index in [1.54, 1.807) is 24.7 Å². The standard InChI is InChI=1S/C18H21N7O.2ClH/c1-11-9-25(10-12(2)22-11)17-4-3-15(23-24-17)18-16(26)5-13(6-19-18)14-7-20-21-8-14;;/h3-8,11-12,22,26H,9-10H2,1-2H3,(H,20,21);2*1H/t11-,12?;;/m0../s1. The van der Waals surface area contributed by atoms with Gasteiger partial charge >= 0.3 is 0 Å². The molecule has 28 heavy (non-hydrogen) atoms.